The number of esters is 1. The van der Waals surface area contributed by atoms with Crippen molar-refractivity contribution in [1.82, 2.24) is 25.4 Å². The Morgan fingerprint density at radius 3 is 2.27 bits per heavy atom. The average molecular weight is 418 g/mol. The third kappa shape index (κ3) is 5.55. The molecular weight excluding hydrogens is 386 g/mol. The van der Waals surface area contributed by atoms with Crippen LogP contribution < -0.4 is 10.6 Å². The Morgan fingerprint density at radius 2 is 1.73 bits per heavy atom. The van der Waals surface area contributed by atoms with Crippen molar-refractivity contribution < 1.29 is 19.1 Å². The summed E-state index contributed by atoms with van der Waals surface area (Å²) >= 11 is 0. The highest BCUT2D eigenvalue weighted by atomic mass is 16.5. The summed E-state index contributed by atoms with van der Waals surface area (Å²) < 4.78 is 7.09. The number of urea groups is 1. The van der Waals surface area contributed by atoms with Gasteiger partial charge < -0.3 is 10.1 Å². The highest BCUT2D eigenvalue weighted by Crippen LogP contribution is 2.25. The second kappa shape index (κ2) is 8.81. The van der Waals surface area contributed by atoms with E-state index < -0.39 is 29.6 Å². The van der Waals surface area contributed by atoms with Gasteiger partial charge in [0.15, 0.2) is 11.8 Å². The van der Waals surface area contributed by atoms with Crippen molar-refractivity contribution >= 4 is 28.9 Å². The van der Waals surface area contributed by atoms with Gasteiger partial charge >= 0.3 is 12.0 Å². The molecule has 0 bridgehead atoms. The van der Waals surface area contributed by atoms with Gasteiger partial charge in [-0.25, -0.2) is 19.3 Å². The molecule has 3 amide bonds. The van der Waals surface area contributed by atoms with Crippen molar-refractivity contribution in [2.24, 2.45) is 0 Å². The van der Waals surface area contributed by atoms with Crippen LogP contribution in [0, 0.1) is 0 Å². The summed E-state index contributed by atoms with van der Waals surface area (Å²) in [5.41, 5.74) is 1.09. The van der Waals surface area contributed by atoms with E-state index in [0.29, 0.717) is 11.0 Å². The predicted molar refractivity (Wildman–Crippen MR) is 113 cm³/mol. The van der Waals surface area contributed by atoms with E-state index in [1.807, 2.05) is 27.7 Å². The maximum Gasteiger partial charge on any atom is 0.339 e. The minimum atomic E-state index is -1.16. The van der Waals surface area contributed by atoms with Gasteiger partial charge in [-0.1, -0.05) is 13.8 Å². The zero-order chi connectivity index (χ0) is 22.8. The lowest BCUT2D eigenvalue weighted by atomic mass is 10.1. The molecule has 0 saturated carbocycles. The van der Waals surface area contributed by atoms with Crippen LogP contribution in [-0.2, 0) is 9.53 Å². The molecule has 0 radical (unpaired) electrons. The number of aromatic nitrogens is 3. The van der Waals surface area contributed by atoms with E-state index in [2.05, 4.69) is 20.7 Å². The first kappa shape index (κ1) is 23.3. The molecule has 0 spiro atoms. The van der Waals surface area contributed by atoms with Gasteiger partial charge in [0.05, 0.1) is 17.1 Å². The molecule has 0 aliphatic carbocycles. The molecule has 0 fully saturated rings. The molecule has 9 heteroatoms. The minimum Gasteiger partial charge on any atom is -0.449 e. The largest absolute Gasteiger partial charge is 0.449 e. The molecule has 2 heterocycles. The molecule has 2 N–H and O–H groups in total. The van der Waals surface area contributed by atoms with E-state index in [9.17, 15) is 14.4 Å². The first-order valence-electron chi connectivity index (χ1n) is 10.0. The number of ether oxygens (including phenoxy) is 1. The molecule has 0 saturated heterocycles. The van der Waals surface area contributed by atoms with Gasteiger partial charge in [0.2, 0.25) is 0 Å². The van der Waals surface area contributed by atoms with Crippen molar-refractivity contribution in [2.45, 2.75) is 79.0 Å². The van der Waals surface area contributed by atoms with Crippen molar-refractivity contribution in [1.29, 1.82) is 0 Å². The third-order valence-electron chi connectivity index (χ3n) is 4.27. The summed E-state index contributed by atoms with van der Waals surface area (Å²) in [6.07, 6.45) is 0.416. The van der Waals surface area contributed by atoms with Crippen LogP contribution in [0.5, 0.6) is 0 Å². The molecule has 0 aliphatic heterocycles. The Labute approximate surface area is 176 Å². The molecule has 164 valence electrons. The molecule has 0 unspecified atom stereocenters. The van der Waals surface area contributed by atoms with Crippen LogP contribution >= 0.6 is 0 Å². The van der Waals surface area contributed by atoms with E-state index in [0.717, 1.165) is 5.69 Å². The van der Waals surface area contributed by atoms with Crippen LogP contribution in [0.3, 0.4) is 0 Å². The Bertz CT molecular complexity index is 956. The summed E-state index contributed by atoms with van der Waals surface area (Å²) in [5.74, 6) is -1.30. The van der Waals surface area contributed by atoms with Gasteiger partial charge in [0.25, 0.3) is 5.91 Å². The second-order valence-electron chi connectivity index (χ2n) is 8.91. The number of rotatable bonds is 5. The normalized spacial score (nSPS) is 12.9. The van der Waals surface area contributed by atoms with Crippen molar-refractivity contribution in [2.75, 3.05) is 0 Å². The van der Waals surface area contributed by atoms with E-state index >= 15 is 0 Å². The lowest BCUT2D eigenvalue weighted by Gasteiger charge is -2.21. The summed E-state index contributed by atoms with van der Waals surface area (Å²) in [7, 11) is 0. The van der Waals surface area contributed by atoms with E-state index in [4.69, 9.17) is 4.74 Å². The van der Waals surface area contributed by atoms with E-state index in [1.165, 1.54) is 6.92 Å². The molecule has 9 nitrogen and oxygen atoms in total. The lowest BCUT2D eigenvalue weighted by molar-refractivity contribution is -0.127. The third-order valence-corrected chi connectivity index (χ3v) is 4.27. The zero-order valence-electron chi connectivity index (χ0n) is 18.9. The molecule has 2 aromatic rings. The number of amides is 3. The van der Waals surface area contributed by atoms with Gasteiger partial charge in [-0.3, -0.25) is 10.1 Å². The average Bonchev–Trinajstić information content (AvgIpc) is 3.02. The van der Waals surface area contributed by atoms with Gasteiger partial charge in [0.1, 0.15) is 0 Å². The van der Waals surface area contributed by atoms with E-state index in [-0.39, 0.29) is 17.5 Å². The zero-order valence-corrected chi connectivity index (χ0v) is 18.9. The summed E-state index contributed by atoms with van der Waals surface area (Å²) in [6, 6.07) is 1.08. The molecule has 0 aromatic carbocycles. The highest BCUT2D eigenvalue weighted by Gasteiger charge is 2.25. The summed E-state index contributed by atoms with van der Waals surface area (Å²) in [4.78, 5) is 41.7. The van der Waals surface area contributed by atoms with Crippen LogP contribution in [0.1, 0.15) is 83.4 Å². The number of nitrogens with one attached hydrogen (secondary N) is 2. The van der Waals surface area contributed by atoms with Crippen molar-refractivity contribution in [3.63, 3.8) is 0 Å². The van der Waals surface area contributed by atoms with Crippen LogP contribution in [0.2, 0.25) is 0 Å². The van der Waals surface area contributed by atoms with Crippen LogP contribution in [-0.4, -0.2) is 44.3 Å². The minimum absolute atomic E-state index is 0.0623. The fraction of sp³-hybridized carbons (Fsp3) is 0.571. The van der Waals surface area contributed by atoms with Gasteiger partial charge in [0, 0.05) is 17.3 Å². The number of nitrogens with zero attached hydrogens (tertiary/aromatic N) is 3. The summed E-state index contributed by atoms with van der Waals surface area (Å²) in [6.45, 7) is 14.7. The standard InChI is InChI=1S/C21H31N5O4/c1-11(2)16-9-14(15-10-22-26(12(3)4)17(15)23-16)19(28)30-13(5)18(27)24-20(29)25-21(6,7)8/h9-13H,1-8H3,(H2,24,25,27,29)/t13-/m1/s1. The van der Waals surface area contributed by atoms with E-state index in [1.54, 1.807) is 37.7 Å². The Balaban J connectivity index is 2.25. The number of carbonyl (C=O) groups is 3. The molecule has 0 aliphatic rings. The van der Waals surface area contributed by atoms with Gasteiger partial charge in [-0.05, 0) is 53.5 Å². The number of hydrogen-bond donors (Lipinski definition) is 2. The monoisotopic (exact) mass is 417 g/mol. The predicted octanol–water partition coefficient (Wildman–Crippen LogP) is 3.31. The first-order chi connectivity index (χ1) is 13.8. The Kier molecular flexibility index (Phi) is 6.84. The van der Waals surface area contributed by atoms with Crippen molar-refractivity contribution in [3.8, 4) is 0 Å². The Hall–Kier alpha value is -2.97. The number of pyridine rings is 1. The molecule has 2 aromatic heterocycles. The molecule has 2 rings (SSSR count). The fourth-order valence-electron chi connectivity index (χ4n) is 2.74. The lowest BCUT2D eigenvalue weighted by Crippen LogP contribution is -2.50. The maximum atomic E-state index is 12.9. The highest BCUT2D eigenvalue weighted by molar-refractivity contribution is 6.04. The fourth-order valence-corrected chi connectivity index (χ4v) is 2.74. The maximum absolute atomic E-state index is 12.9. The van der Waals surface area contributed by atoms with Crippen LogP contribution in [0.4, 0.5) is 4.79 Å². The number of carbonyl (C=O) groups excluding carboxylic acids is 3. The molecule has 1 atom stereocenters. The van der Waals surface area contributed by atoms with Crippen LogP contribution in [0.15, 0.2) is 12.3 Å². The summed E-state index contributed by atoms with van der Waals surface area (Å²) in [5, 5.41) is 9.69. The SMILES string of the molecule is CC(C)c1cc(C(=O)O[C@H](C)C(=O)NC(=O)NC(C)(C)C)c2cnn(C(C)C)c2n1. The molecular formula is C21H31N5O4. The Morgan fingerprint density at radius 1 is 1.10 bits per heavy atom. The van der Waals surface area contributed by atoms with Gasteiger partial charge in [-0.2, -0.15) is 5.10 Å². The quantitative estimate of drug-likeness (QED) is 0.721. The first-order valence-corrected chi connectivity index (χ1v) is 10.0. The van der Waals surface area contributed by atoms with Crippen molar-refractivity contribution in [3.05, 3.63) is 23.5 Å². The number of fused-ring (bicyclic) bond motifs is 1. The van der Waals surface area contributed by atoms with Gasteiger partial charge in [-0.15, -0.1) is 0 Å². The second-order valence-corrected chi connectivity index (χ2v) is 8.91. The topological polar surface area (TPSA) is 115 Å². The number of imide groups is 1. The molecule has 30 heavy (non-hydrogen) atoms. The smallest absolute Gasteiger partial charge is 0.339 e. The van der Waals surface area contributed by atoms with Crippen LogP contribution in [0.25, 0.3) is 11.0 Å². The number of hydrogen-bond acceptors (Lipinski definition) is 6.